The molecule has 2 aromatic carbocycles. The van der Waals surface area contributed by atoms with Gasteiger partial charge in [0.15, 0.2) is 12.4 Å². The first-order valence-electron chi connectivity index (χ1n) is 21.0. The number of H-pyrrole nitrogens is 1. The number of thiophene rings is 1. The summed E-state index contributed by atoms with van der Waals surface area (Å²) >= 11 is 7.91. The average molecular weight is 883 g/mol. The quantitative estimate of drug-likeness (QED) is 0.0555. The van der Waals surface area contributed by atoms with Crippen molar-refractivity contribution in [1.82, 2.24) is 46.0 Å². The van der Waals surface area contributed by atoms with Gasteiger partial charge in [0.2, 0.25) is 23.6 Å². The molecule has 5 N–H and O–H groups in total. The van der Waals surface area contributed by atoms with Gasteiger partial charge in [0.05, 0.1) is 29.6 Å². The largest absolute Gasteiger partial charge is 0.484 e. The molecule has 2 atom stereocenters. The molecule has 0 radical (unpaired) electrons. The molecule has 62 heavy (non-hydrogen) atoms. The molecule has 1 saturated heterocycles. The van der Waals surface area contributed by atoms with Crippen LogP contribution in [0.1, 0.15) is 108 Å². The summed E-state index contributed by atoms with van der Waals surface area (Å²) in [6, 6.07) is 9.74. The topological polar surface area (TPSA) is 214 Å². The second kappa shape index (κ2) is 19.8. The van der Waals surface area contributed by atoms with Gasteiger partial charge in [-0.3, -0.25) is 38.8 Å². The number of imidazole rings is 1. The van der Waals surface area contributed by atoms with E-state index in [4.69, 9.17) is 21.3 Å². The van der Waals surface area contributed by atoms with Crippen LogP contribution in [0.4, 0.5) is 0 Å². The highest BCUT2D eigenvalue weighted by Gasteiger charge is 2.33. The van der Waals surface area contributed by atoms with E-state index in [0.29, 0.717) is 52.1 Å². The lowest BCUT2D eigenvalue weighted by Crippen LogP contribution is -2.52. The van der Waals surface area contributed by atoms with E-state index in [1.54, 1.807) is 30.4 Å². The predicted molar refractivity (Wildman–Crippen MR) is 236 cm³/mol. The van der Waals surface area contributed by atoms with Gasteiger partial charge in [0, 0.05) is 46.6 Å². The first-order valence-corrected chi connectivity index (χ1v) is 22.2. The zero-order chi connectivity index (χ0) is 43.9. The smallest absolute Gasteiger partial charge is 0.257 e. The van der Waals surface area contributed by atoms with Crippen molar-refractivity contribution in [1.29, 1.82) is 0 Å². The summed E-state index contributed by atoms with van der Waals surface area (Å²) in [6.45, 7) is 8.81. The Morgan fingerprint density at radius 3 is 2.35 bits per heavy atom. The van der Waals surface area contributed by atoms with Crippen LogP contribution in [0.15, 0.2) is 41.4 Å². The van der Waals surface area contributed by atoms with Crippen molar-refractivity contribution in [2.45, 2.75) is 104 Å². The van der Waals surface area contributed by atoms with E-state index in [0.717, 1.165) is 71.8 Å². The Balaban J connectivity index is 0.805. The molecule has 7 rings (SSSR count). The number of carbonyl (C=O) groups excluding carboxylic acids is 5. The number of aliphatic imine (C=N–C) groups is 1. The fourth-order valence-electron chi connectivity index (χ4n) is 7.74. The number of halogens is 1. The highest BCUT2D eigenvalue weighted by atomic mass is 35.5. The van der Waals surface area contributed by atoms with Crippen molar-refractivity contribution in [3.8, 4) is 10.8 Å². The SMILES string of the molecule is Cc1nc2c(CC(=O)NC3CCC(=O)NC3=O)cc(OCC(=O)NCCCCCCCCNC(=O)C[C@@H]3N=C(c4ccc(Cl)cc4)c4c(sc(C)c4C)-n4c(C)nnc43)cc2[nH]1. The molecule has 5 amide bonds. The molecular formula is C44H51ClN10O6S. The van der Waals surface area contributed by atoms with Gasteiger partial charge >= 0.3 is 0 Å². The first-order chi connectivity index (χ1) is 29.8. The van der Waals surface area contributed by atoms with Crippen LogP contribution in [0.25, 0.3) is 16.0 Å². The zero-order valence-corrected chi connectivity index (χ0v) is 36.9. The van der Waals surface area contributed by atoms with Crippen molar-refractivity contribution in [3.05, 3.63) is 86.0 Å². The van der Waals surface area contributed by atoms with Crippen LogP contribution in [-0.2, 0) is 30.4 Å². The lowest BCUT2D eigenvalue weighted by Gasteiger charge is -2.21. The van der Waals surface area contributed by atoms with E-state index in [1.165, 1.54) is 4.88 Å². The van der Waals surface area contributed by atoms with Crippen LogP contribution in [0, 0.1) is 27.7 Å². The lowest BCUT2D eigenvalue weighted by molar-refractivity contribution is -0.137. The van der Waals surface area contributed by atoms with Crippen LogP contribution in [0.3, 0.4) is 0 Å². The van der Waals surface area contributed by atoms with Gasteiger partial charge in [-0.1, -0.05) is 49.4 Å². The Morgan fingerprint density at radius 2 is 1.63 bits per heavy atom. The van der Waals surface area contributed by atoms with Crippen LogP contribution in [-0.4, -0.2) is 85.7 Å². The van der Waals surface area contributed by atoms with Gasteiger partial charge < -0.3 is 25.7 Å². The van der Waals surface area contributed by atoms with E-state index in [9.17, 15) is 24.0 Å². The molecule has 1 unspecified atom stereocenters. The van der Waals surface area contributed by atoms with Crippen LogP contribution >= 0.6 is 22.9 Å². The van der Waals surface area contributed by atoms with Gasteiger partial charge in [-0.25, -0.2) is 4.98 Å². The number of unbranched alkanes of at least 4 members (excludes halogenated alkanes) is 5. The number of fused-ring (bicyclic) bond motifs is 4. The average Bonchev–Trinajstić information content (AvgIpc) is 3.87. The Hall–Kier alpha value is -5.94. The number of piperidine rings is 1. The van der Waals surface area contributed by atoms with Crippen LogP contribution in [0.5, 0.6) is 5.75 Å². The summed E-state index contributed by atoms with van der Waals surface area (Å²) in [5.41, 5.74) is 5.74. The Morgan fingerprint density at radius 1 is 0.919 bits per heavy atom. The predicted octanol–water partition coefficient (Wildman–Crippen LogP) is 5.49. The maximum absolute atomic E-state index is 13.3. The highest BCUT2D eigenvalue weighted by molar-refractivity contribution is 7.15. The molecule has 2 aliphatic rings. The summed E-state index contributed by atoms with van der Waals surface area (Å²) in [6.07, 6.45) is 6.09. The number of hydrogen-bond donors (Lipinski definition) is 5. The molecule has 2 aliphatic heterocycles. The molecule has 5 heterocycles. The number of aromatic nitrogens is 5. The van der Waals surface area contributed by atoms with Crippen LogP contribution in [0.2, 0.25) is 5.02 Å². The molecule has 16 nitrogen and oxygen atoms in total. The summed E-state index contributed by atoms with van der Waals surface area (Å²) in [5, 5.41) is 21.4. The molecule has 326 valence electrons. The van der Waals surface area contributed by atoms with Gasteiger partial charge in [-0.2, -0.15) is 0 Å². The standard InChI is InChI=1S/C44H51ClN10O6S/c1-24-25(2)62-44-39(24)41(28-11-13-30(45)14-12-28)51-34(42-54-53-27(4)55(42)44)22-36(57)46-17-9-7-5-6-8-10-18-47-38(59)23-61-31-19-29(40-33(21-31)48-26(3)49-40)20-37(58)50-32-15-16-35(56)52-43(32)60/h11-14,19,21,32,34H,5-10,15-18,20,22-23H2,1-4H3,(H,46,57)(H,47,59)(H,48,49)(H,50,58)(H,52,56,60)/t32?,34-/m0/s1. The molecule has 0 bridgehead atoms. The third kappa shape index (κ3) is 10.6. The lowest BCUT2D eigenvalue weighted by atomic mass is 9.99. The van der Waals surface area contributed by atoms with Crippen molar-refractivity contribution in [2.75, 3.05) is 19.7 Å². The fourth-order valence-corrected chi connectivity index (χ4v) is 9.08. The number of benzene rings is 2. The summed E-state index contributed by atoms with van der Waals surface area (Å²) in [5.74, 6) is 0.832. The summed E-state index contributed by atoms with van der Waals surface area (Å²) in [4.78, 5) is 76.4. The molecule has 18 heteroatoms. The third-order valence-electron chi connectivity index (χ3n) is 11.0. The molecule has 0 aliphatic carbocycles. The Bertz CT molecular complexity index is 2530. The fraction of sp³-hybridized carbons (Fsp3) is 0.432. The second-order valence-corrected chi connectivity index (χ2v) is 17.4. The highest BCUT2D eigenvalue weighted by Crippen LogP contribution is 2.39. The number of ether oxygens (including phenoxy) is 1. The number of aryl methyl sites for hydroxylation is 3. The number of rotatable bonds is 18. The van der Waals surface area contributed by atoms with Crippen molar-refractivity contribution >= 4 is 69.2 Å². The summed E-state index contributed by atoms with van der Waals surface area (Å²) in [7, 11) is 0. The van der Waals surface area contributed by atoms with Gasteiger partial charge in [-0.05, 0) is 76.3 Å². The van der Waals surface area contributed by atoms with Crippen molar-refractivity contribution in [3.63, 3.8) is 0 Å². The summed E-state index contributed by atoms with van der Waals surface area (Å²) < 4.78 is 7.85. The van der Waals surface area contributed by atoms with E-state index in [-0.39, 0.29) is 50.0 Å². The minimum absolute atomic E-state index is 0.0677. The molecule has 3 aromatic heterocycles. The van der Waals surface area contributed by atoms with Gasteiger partial charge in [0.1, 0.15) is 34.5 Å². The van der Waals surface area contributed by atoms with Crippen molar-refractivity contribution < 1.29 is 28.7 Å². The van der Waals surface area contributed by atoms with E-state index >= 15 is 0 Å². The molecular weight excluding hydrogens is 832 g/mol. The number of carbonyl (C=O) groups is 5. The first kappa shape index (κ1) is 44.1. The Labute approximate surface area is 368 Å². The van der Waals surface area contributed by atoms with Gasteiger partial charge in [0.25, 0.3) is 5.91 Å². The number of amides is 5. The minimum atomic E-state index is -0.782. The number of imide groups is 1. The second-order valence-electron chi connectivity index (χ2n) is 15.8. The zero-order valence-electron chi connectivity index (χ0n) is 35.3. The molecule has 0 saturated carbocycles. The molecule has 1 fully saturated rings. The number of aromatic amines is 1. The van der Waals surface area contributed by atoms with Crippen LogP contribution < -0.4 is 26.0 Å². The molecule has 0 spiro atoms. The maximum atomic E-state index is 13.3. The third-order valence-corrected chi connectivity index (χ3v) is 12.5. The Kier molecular flexibility index (Phi) is 14.1. The monoisotopic (exact) mass is 882 g/mol. The minimum Gasteiger partial charge on any atom is -0.484 e. The maximum Gasteiger partial charge on any atom is 0.257 e. The van der Waals surface area contributed by atoms with Gasteiger partial charge in [-0.15, -0.1) is 21.5 Å². The van der Waals surface area contributed by atoms with E-state index in [1.807, 2.05) is 35.8 Å². The van der Waals surface area contributed by atoms with Crippen molar-refractivity contribution in [2.24, 2.45) is 4.99 Å². The molecule has 5 aromatic rings. The van der Waals surface area contributed by atoms with E-state index in [2.05, 4.69) is 55.3 Å². The number of nitrogens with one attached hydrogen (secondary N) is 5. The number of hydrogen-bond acceptors (Lipinski definition) is 11. The van der Waals surface area contributed by atoms with E-state index < -0.39 is 23.9 Å². The number of nitrogens with zero attached hydrogens (tertiary/aromatic N) is 5. The normalized spacial score (nSPS) is 15.9.